The van der Waals surface area contributed by atoms with Crippen molar-refractivity contribution in [3.8, 4) is 11.5 Å². The highest BCUT2D eigenvalue weighted by molar-refractivity contribution is 9.10. The van der Waals surface area contributed by atoms with Crippen molar-refractivity contribution < 1.29 is 23.8 Å². The molecular formula is C30H32BrN5O5. The average molecular weight is 623 g/mol. The zero-order valence-electron chi connectivity index (χ0n) is 23.2. The van der Waals surface area contributed by atoms with E-state index in [0.717, 1.165) is 28.8 Å². The van der Waals surface area contributed by atoms with E-state index in [0.29, 0.717) is 41.3 Å². The molecule has 1 aliphatic rings. The molecule has 1 aliphatic heterocycles. The third kappa shape index (κ3) is 5.85. The molecule has 1 saturated heterocycles. The standard InChI is InChI=1S/C30H32BrN5O5/c1-30(12-11-22(17-37)36(19-30)29(38)41-18-20-7-5-4-6-8-20)28-34-26(31)25-27(32-13-14-35(25)28)33-16-21-9-10-23(39-2)15-24(21)40-3/h4-10,13-15,17,22H,11-12,16,18-19H2,1-3H3,(H,32,33)/t22-,30+/m1/s1. The van der Waals surface area contributed by atoms with E-state index in [9.17, 15) is 9.59 Å². The van der Waals surface area contributed by atoms with Gasteiger partial charge in [-0.25, -0.2) is 14.8 Å². The summed E-state index contributed by atoms with van der Waals surface area (Å²) < 4.78 is 19.1. The molecule has 0 radical (unpaired) electrons. The maximum atomic E-state index is 13.2. The number of hydrogen-bond acceptors (Lipinski definition) is 8. The van der Waals surface area contributed by atoms with Crippen LogP contribution in [-0.4, -0.2) is 58.5 Å². The van der Waals surface area contributed by atoms with Crippen LogP contribution in [0.3, 0.4) is 0 Å². The molecule has 2 aromatic carbocycles. The van der Waals surface area contributed by atoms with E-state index >= 15 is 0 Å². The molecule has 10 nitrogen and oxygen atoms in total. The number of benzene rings is 2. The van der Waals surface area contributed by atoms with Crippen LogP contribution >= 0.6 is 15.9 Å². The fourth-order valence-electron chi connectivity index (χ4n) is 5.25. The molecule has 11 heteroatoms. The third-order valence-corrected chi connectivity index (χ3v) is 8.05. The molecule has 0 aliphatic carbocycles. The Bertz CT molecular complexity index is 1550. The predicted molar refractivity (Wildman–Crippen MR) is 157 cm³/mol. The Morgan fingerprint density at radius 2 is 2.00 bits per heavy atom. The van der Waals surface area contributed by atoms with Gasteiger partial charge in [0.1, 0.15) is 40.3 Å². The number of ether oxygens (including phenoxy) is 3. The van der Waals surface area contributed by atoms with Gasteiger partial charge < -0.3 is 24.3 Å². The van der Waals surface area contributed by atoms with Crippen LogP contribution in [-0.2, 0) is 28.1 Å². The number of piperidine rings is 1. The SMILES string of the molecule is COc1ccc(CNc2nccn3c([C@@]4(C)CC[C@H](C=O)N(C(=O)OCc5ccccc5)C4)nc(Br)c23)c(OC)c1. The molecule has 4 aromatic rings. The predicted octanol–water partition coefficient (Wildman–Crippen LogP) is 5.38. The van der Waals surface area contributed by atoms with E-state index in [-0.39, 0.29) is 13.2 Å². The summed E-state index contributed by atoms with van der Waals surface area (Å²) in [6.45, 7) is 2.94. The van der Waals surface area contributed by atoms with Crippen LogP contribution in [0.25, 0.3) is 5.52 Å². The number of carbonyl (C=O) groups excluding carboxylic acids is 2. The summed E-state index contributed by atoms with van der Waals surface area (Å²) in [5.74, 6) is 2.82. The Kier molecular flexibility index (Phi) is 8.44. The molecule has 1 amide bonds. The number of methoxy groups -OCH3 is 2. The van der Waals surface area contributed by atoms with Gasteiger partial charge in [0.15, 0.2) is 5.82 Å². The second-order valence-electron chi connectivity index (χ2n) is 10.2. The van der Waals surface area contributed by atoms with Crippen molar-refractivity contribution in [3.05, 3.63) is 82.5 Å². The van der Waals surface area contributed by atoms with E-state index in [1.165, 1.54) is 4.90 Å². The van der Waals surface area contributed by atoms with Crippen LogP contribution in [0, 0.1) is 0 Å². The van der Waals surface area contributed by atoms with Crippen molar-refractivity contribution in [2.45, 2.75) is 44.4 Å². The summed E-state index contributed by atoms with van der Waals surface area (Å²) in [7, 11) is 3.24. The van der Waals surface area contributed by atoms with Gasteiger partial charge in [-0.2, -0.15) is 0 Å². The van der Waals surface area contributed by atoms with E-state index in [4.69, 9.17) is 19.2 Å². The highest BCUT2D eigenvalue weighted by Gasteiger charge is 2.43. The quantitative estimate of drug-likeness (QED) is 0.248. The molecule has 0 bridgehead atoms. The van der Waals surface area contributed by atoms with Crippen molar-refractivity contribution in [1.29, 1.82) is 0 Å². The lowest BCUT2D eigenvalue weighted by Crippen LogP contribution is -2.53. The Morgan fingerprint density at radius 1 is 1.20 bits per heavy atom. The van der Waals surface area contributed by atoms with Gasteiger partial charge in [-0.3, -0.25) is 9.30 Å². The number of amides is 1. The fourth-order valence-corrected chi connectivity index (χ4v) is 5.80. The summed E-state index contributed by atoms with van der Waals surface area (Å²) in [5.41, 5.74) is 2.05. The molecule has 0 saturated carbocycles. The minimum absolute atomic E-state index is 0.135. The number of anilines is 1. The number of likely N-dealkylation sites (tertiary alicyclic amines) is 1. The first-order chi connectivity index (χ1) is 19.9. The lowest BCUT2D eigenvalue weighted by molar-refractivity contribution is -0.113. The molecule has 1 fully saturated rings. The maximum Gasteiger partial charge on any atom is 0.410 e. The van der Waals surface area contributed by atoms with Gasteiger partial charge in [0.2, 0.25) is 0 Å². The summed E-state index contributed by atoms with van der Waals surface area (Å²) >= 11 is 3.64. The summed E-state index contributed by atoms with van der Waals surface area (Å²) in [6, 6.07) is 14.6. The van der Waals surface area contributed by atoms with Gasteiger partial charge in [0.25, 0.3) is 0 Å². The van der Waals surface area contributed by atoms with E-state index in [1.54, 1.807) is 20.4 Å². The summed E-state index contributed by atoms with van der Waals surface area (Å²) in [6.07, 6.45) is 5.04. The van der Waals surface area contributed by atoms with Crippen molar-refractivity contribution >= 4 is 39.6 Å². The van der Waals surface area contributed by atoms with Gasteiger partial charge in [0, 0.05) is 42.5 Å². The first-order valence-electron chi connectivity index (χ1n) is 13.3. The number of hydrogen-bond donors (Lipinski definition) is 1. The molecule has 3 heterocycles. The molecule has 1 N–H and O–H groups in total. The number of nitrogens with zero attached hydrogens (tertiary/aromatic N) is 4. The minimum atomic E-state index is -0.556. The van der Waals surface area contributed by atoms with Crippen LogP contribution < -0.4 is 14.8 Å². The Hall–Kier alpha value is -4.12. The lowest BCUT2D eigenvalue weighted by atomic mass is 9.79. The molecule has 2 atom stereocenters. The monoisotopic (exact) mass is 621 g/mol. The lowest BCUT2D eigenvalue weighted by Gasteiger charge is -2.42. The number of nitrogens with one attached hydrogen (secondary N) is 1. The first-order valence-corrected chi connectivity index (χ1v) is 14.1. The Labute approximate surface area is 246 Å². The van der Waals surface area contributed by atoms with Gasteiger partial charge in [0.05, 0.1) is 20.3 Å². The summed E-state index contributed by atoms with van der Waals surface area (Å²) in [4.78, 5) is 36.1. The van der Waals surface area contributed by atoms with Crippen molar-refractivity contribution in [1.82, 2.24) is 19.3 Å². The number of fused-ring (bicyclic) bond motifs is 1. The first kappa shape index (κ1) is 28.4. The Balaban J connectivity index is 1.39. The van der Waals surface area contributed by atoms with Gasteiger partial charge in [-0.15, -0.1) is 0 Å². The fraction of sp³-hybridized carbons (Fsp3) is 0.333. The van der Waals surface area contributed by atoms with Crippen molar-refractivity contribution in [2.24, 2.45) is 0 Å². The van der Waals surface area contributed by atoms with Crippen LogP contribution in [0.1, 0.15) is 36.7 Å². The molecule has 5 rings (SSSR count). The van der Waals surface area contributed by atoms with Gasteiger partial charge in [-0.1, -0.05) is 37.3 Å². The summed E-state index contributed by atoms with van der Waals surface area (Å²) in [5, 5.41) is 3.41. The average Bonchev–Trinajstić information content (AvgIpc) is 3.37. The number of halogens is 1. The van der Waals surface area contributed by atoms with Crippen LogP contribution in [0.5, 0.6) is 11.5 Å². The topological polar surface area (TPSA) is 107 Å². The highest BCUT2D eigenvalue weighted by Crippen LogP contribution is 2.38. The molecule has 0 spiro atoms. The zero-order valence-corrected chi connectivity index (χ0v) is 24.8. The molecule has 2 aromatic heterocycles. The van der Waals surface area contributed by atoms with Crippen molar-refractivity contribution in [2.75, 3.05) is 26.1 Å². The Morgan fingerprint density at radius 3 is 2.73 bits per heavy atom. The highest BCUT2D eigenvalue weighted by atomic mass is 79.9. The number of aldehydes is 1. The number of rotatable bonds is 9. The second-order valence-corrected chi connectivity index (χ2v) is 11.0. The van der Waals surface area contributed by atoms with Gasteiger partial charge in [-0.05, 0) is 46.5 Å². The second kappa shape index (κ2) is 12.2. The van der Waals surface area contributed by atoms with Crippen LogP contribution in [0.2, 0.25) is 0 Å². The van der Waals surface area contributed by atoms with Crippen molar-refractivity contribution in [3.63, 3.8) is 0 Å². The van der Waals surface area contributed by atoms with Gasteiger partial charge >= 0.3 is 6.09 Å². The van der Waals surface area contributed by atoms with Crippen LogP contribution in [0.15, 0.2) is 65.5 Å². The molecule has 0 unspecified atom stereocenters. The third-order valence-electron chi connectivity index (χ3n) is 7.50. The molecule has 214 valence electrons. The van der Waals surface area contributed by atoms with E-state index in [2.05, 4.69) is 33.2 Å². The molecule has 41 heavy (non-hydrogen) atoms. The minimum Gasteiger partial charge on any atom is -0.497 e. The van der Waals surface area contributed by atoms with E-state index < -0.39 is 17.6 Å². The molecular weight excluding hydrogens is 590 g/mol. The number of carbonyl (C=O) groups is 2. The van der Waals surface area contributed by atoms with E-state index in [1.807, 2.05) is 59.1 Å². The smallest absolute Gasteiger partial charge is 0.410 e. The number of aromatic nitrogens is 3. The normalized spacial score (nSPS) is 18.6. The largest absolute Gasteiger partial charge is 0.497 e. The number of imidazole rings is 1. The van der Waals surface area contributed by atoms with Crippen LogP contribution in [0.4, 0.5) is 10.6 Å². The zero-order chi connectivity index (χ0) is 29.0. The maximum absolute atomic E-state index is 13.2.